The minimum absolute atomic E-state index is 0.0860. The number of pyridine rings is 1. The number of aromatic nitrogens is 2. The van der Waals surface area contributed by atoms with Gasteiger partial charge in [0.2, 0.25) is 0 Å². The topological polar surface area (TPSA) is 87.7 Å². The number of halogens is 1. The van der Waals surface area contributed by atoms with Crippen LogP contribution in [0.15, 0.2) is 70.5 Å². The Bertz CT molecular complexity index is 1560. The van der Waals surface area contributed by atoms with Crippen LogP contribution in [0.4, 0.5) is 15.9 Å². The van der Waals surface area contributed by atoms with Crippen LogP contribution >= 0.6 is 11.3 Å². The normalized spacial score (nSPS) is 14.1. The lowest BCUT2D eigenvalue weighted by atomic mass is 9.99. The van der Waals surface area contributed by atoms with E-state index in [4.69, 9.17) is 4.74 Å². The van der Waals surface area contributed by atoms with Crippen LogP contribution in [0.2, 0.25) is 0 Å². The summed E-state index contributed by atoms with van der Waals surface area (Å²) in [6, 6.07) is 15.5. The fraction of sp³-hybridized carbons (Fsp3) is 0.310. The molecular formula is C29H32FN5O3S2. The SMILES string of the molecule is COc1ccc(CN(c2cscn2)S(=O)(=O)c2ccc(NCc3c(F)cccc3CN3CC(C)C3)c(C)n2)cc1. The number of aryl methyl sites for hydroxylation is 1. The average molecular weight is 582 g/mol. The number of nitrogens with one attached hydrogen (secondary N) is 1. The summed E-state index contributed by atoms with van der Waals surface area (Å²) < 4.78 is 48.8. The molecule has 5 rings (SSSR count). The van der Waals surface area contributed by atoms with Gasteiger partial charge in [-0.15, -0.1) is 11.3 Å². The van der Waals surface area contributed by atoms with Crippen molar-refractivity contribution in [2.24, 2.45) is 5.92 Å². The smallest absolute Gasteiger partial charge is 0.283 e. The van der Waals surface area contributed by atoms with Crippen LogP contribution in [0, 0.1) is 18.7 Å². The van der Waals surface area contributed by atoms with E-state index < -0.39 is 10.0 Å². The van der Waals surface area contributed by atoms with Crippen LogP contribution in [0.25, 0.3) is 0 Å². The third-order valence-electron chi connectivity index (χ3n) is 6.98. The molecule has 210 valence electrons. The summed E-state index contributed by atoms with van der Waals surface area (Å²) in [6.45, 7) is 7.03. The first-order valence-electron chi connectivity index (χ1n) is 13.0. The van der Waals surface area contributed by atoms with Crippen LogP contribution in [0.5, 0.6) is 5.75 Å². The van der Waals surface area contributed by atoms with E-state index in [0.29, 0.717) is 41.0 Å². The molecule has 0 spiro atoms. The Morgan fingerprint density at radius 3 is 2.58 bits per heavy atom. The molecule has 0 bridgehead atoms. The molecule has 0 radical (unpaired) electrons. The van der Waals surface area contributed by atoms with Gasteiger partial charge in [0, 0.05) is 37.1 Å². The van der Waals surface area contributed by atoms with Crippen molar-refractivity contribution in [3.8, 4) is 5.75 Å². The number of sulfonamides is 1. The second-order valence-electron chi connectivity index (χ2n) is 10.0. The summed E-state index contributed by atoms with van der Waals surface area (Å²) in [7, 11) is -2.45. The highest BCUT2D eigenvalue weighted by Crippen LogP contribution is 2.28. The van der Waals surface area contributed by atoms with Crippen molar-refractivity contribution >= 4 is 32.9 Å². The van der Waals surface area contributed by atoms with Crippen molar-refractivity contribution in [2.45, 2.75) is 38.5 Å². The summed E-state index contributed by atoms with van der Waals surface area (Å²) in [5.41, 5.74) is 5.06. The lowest BCUT2D eigenvalue weighted by molar-refractivity contribution is 0.104. The number of hydrogen-bond donors (Lipinski definition) is 1. The van der Waals surface area contributed by atoms with Crippen molar-refractivity contribution in [3.05, 3.63) is 93.7 Å². The summed E-state index contributed by atoms with van der Waals surface area (Å²) in [4.78, 5) is 11.0. The van der Waals surface area contributed by atoms with E-state index in [1.807, 2.05) is 18.2 Å². The number of methoxy groups -OCH3 is 1. The summed E-state index contributed by atoms with van der Waals surface area (Å²) in [5.74, 6) is 1.41. The Balaban J connectivity index is 1.35. The molecule has 8 nitrogen and oxygen atoms in total. The predicted octanol–water partition coefficient (Wildman–Crippen LogP) is 5.45. The van der Waals surface area contributed by atoms with Crippen molar-refractivity contribution in [3.63, 3.8) is 0 Å². The molecule has 0 amide bonds. The van der Waals surface area contributed by atoms with E-state index in [1.165, 1.54) is 27.8 Å². The molecule has 2 aromatic heterocycles. The van der Waals surface area contributed by atoms with Gasteiger partial charge in [0.25, 0.3) is 10.0 Å². The zero-order valence-electron chi connectivity index (χ0n) is 22.7. The highest BCUT2D eigenvalue weighted by Gasteiger charge is 2.29. The van der Waals surface area contributed by atoms with Crippen molar-refractivity contribution in [2.75, 3.05) is 29.8 Å². The van der Waals surface area contributed by atoms with Gasteiger partial charge in [-0.2, -0.15) is 8.42 Å². The van der Waals surface area contributed by atoms with Crippen LogP contribution in [0.3, 0.4) is 0 Å². The van der Waals surface area contributed by atoms with Gasteiger partial charge in [0.05, 0.1) is 30.5 Å². The van der Waals surface area contributed by atoms with Crippen LogP contribution in [0.1, 0.15) is 29.3 Å². The second kappa shape index (κ2) is 11.9. The molecular weight excluding hydrogens is 549 g/mol. The first-order chi connectivity index (χ1) is 19.2. The number of benzene rings is 2. The molecule has 1 fully saturated rings. The second-order valence-corrected chi connectivity index (χ2v) is 12.5. The van der Waals surface area contributed by atoms with Gasteiger partial charge >= 0.3 is 0 Å². The maximum atomic E-state index is 14.8. The standard InChI is InChI=1S/C29H32FN5O3S2/c1-20-14-34(15-20)17-23-5-4-6-26(30)25(23)13-31-27-11-12-29(33-21(27)2)40(36,37)35(28-18-39-19-32-28)16-22-7-9-24(38-3)10-8-22/h4-12,18-20,31H,13-17H2,1-3H3. The molecule has 1 N–H and O–H groups in total. The Morgan fingerprint density at radius 2 is 1.93 bits per heavy atom. The Hall–Kier alpha value is -3.54. The zero-order valence-corrected chi connectivity index (χ0v) is 24.3. The average Bonchev–Trinajstić information content (AvgIpc) is 3.46. The van der Waals surface area contributed by atoms with E-state index in [0.717, 1.165) is 24.2 Å². The number of thiazole rings is 1. The van der Waals surface area contributed by atoms with Gasteiger partial charge in [0.15, 0.2) is 10.8 Å². The van der Waals surface area contributed by atoms with E-state index in [1.54, 1.807) is 49.2 Å². The quantitative estimate of drug-likeness (QED) is 0.252. The third-order valence-corrected chi connectivity index (χ3v) is 9.21. The number of hydrogen-bond acceptors (Lipinski definition) is 8. The third kappa shape index (κ3) is 6.11. The van der Waals surface area contributed by atoms with Gasteiger partial charge < -0.3 is 10.1 Å². The molecule has 1 aliphatic heterocycles. The summed E-state index contributed by atoms with van der Waals surface area (Å²) in [5, 5.41) is 4.87. The number of ether oxygens (including phenoxy) is 1. The first kappa shape index (κ1) is 28.0. The maximum absolute atomic E-state index is 14.8. The number of anilines is 2. The Kier molecular flexibility index (Phi) is 8.34. The van der Waals surface area contributed by atoms with Gasteiger partial charge in [-0.1, -0.05) is 31.2 Å². The van der Waals surface area contributed by atoms with E-state index in [2.05, 4.69) is 27.1 Å². The van der Waals surface area contributed by atoms with Crippen molar-refractivity contribution in [1.29, 1.82) is 0 Å². The summed E-state index contributed by atoms with van der Waals surface area (Å²) in [6.07, 6.45) is 0. The minimum Gasteiger partial charge on any atom is -0.497 e. The molecule has 0 saturated carbocycles. The fourth-order valence-electron chi connectivity index (χ4n) is 4.83. The Morgan fingerprint density at radius 1 is 1.15 bits per heavy atom. The maximum Gasteiger partial charge on any atom is 0.283 e. The molecule has 0 unspecified atom stereocenters. The molecule has 0 atom stereocenters. The monoisotopic (exact) mass is 581 g/mol. The van der Waals surface area contributed by atoms with E-state index in [-0.39, 0.29) is 23.9 Å². The largest absolute Gasteiger partial charge is 0.497 e. The van der Waals surface area contributed by atoms with Crippen molar-refractivity contribution < 1.29 is 17.5 Å². The zero-order chi connectivity index (χ0) is 28.3. The van der Waals surface area contributed by atoms with Gasteiger partial charge in [-0.05, 0) is 54.3 Å². The van der Waals surface area contributed by atoms with Gasteiger partial charge in [0.1, 0.15) is 11.6 Å². The van der Waals surface area contributed by atoms with Gasteiger partial charge in [-0.25, -0.2) is 18.7 Å². The van der Waals surface area contributed by atoms with Crippen LogP contribution in [-0.4, -0.2) is 43.5 Å². The van der Waals surface area contributed by atoms with Crippen molar-refractivity contribution in [1.82, 2.24) is 14.9 Å². The number of likely N-dealkylation sites (tertiary alicyclic amines) is 1. The molecule has 40 heavy (non-hydrogen) atoms. The van der Waals surface area contributed by atoms with E-state index >= 15 is 0 Å². The molecule has 11 heteroatoms. The minimum atomic E-state index is -4.03. The molecule has 2 aromatic carbocycles. The molecule has 0 aliphatic carbocycles. The highest BCUT2D eigenvalue weighted by molar-refractivity contribution is 7.92. The van der Waals surface area contributed by atoms with E-state index in [9.17, 15) is 12.8 Å². The molecule has 1 saturated heterocycles. The van der Waals surface area contributed by atoms with Crippen LogP contribution < -0.4 is 14.4 Å². The number of rotatable bonds is 11. The fourth-order valence-corrected chi connectivity index (χ4v) is 6.82. The highest BCUT2D eigenvalue weighted by atomic mass is 32.2. The van der Waals surface area contributed by atoms with Gasteiger partial charge in [-0.3, -0.25) is 4.90 Å². The number of nitrogens with zero attached hydrogens (tertiary/aromatic N) is 4. The molecule has 4 aromatic rings. The lowest BCUT2D eigenvalue weighted by Crippen LogP contribution is -2.44. The molecule has 1 aliphatic rings. The molecule has 3 heterocycles. The first-order valence-corrected chi connectivity index (χ1v) is 15.4. The lowest BCUT2D eigenvalue weighted by Gasteiger charge is -2.37. The summed E-state index contributed by atoms with van der Waals surface area (Å²) >= 11 is 1.32. The van der Waals surface area contributed by atoms with Crippen LogP contribution in [-0.2, 0) is 29.7 Å². The Labute approximate surface area is 238 Å². The predicted molar refractivity (Wildman–Crippen MR) is 156 cm³/mol.